The number of carbonyl (C=O) groups excluding carboxylic acids is 2. The number of nitrogens with zero attached hydrogens (tertiary/aromatic N) is 1. The van der Waals surface area contributed by atoms with Crippen molar-refractivity contribution in [1.82, 2.24) is 10.2 Å². The van der Waals surface area contributed by atoms with Crippen molar-refractivity contribution in [2.75, 3.05) is 26.3 Å². The molecule has 0 aliphatic carbocycles. The molecule has 1 aromatic rings. The number of fused-ring (bicyclic) bond motifs is 1. The number of benzene rings is 1. The number of hydrogen-bond donors (Lipinski definition) is 2. The minimum Gasteiger partial charge on any atom is -0.481 e. The van der Waals surface area contributed by atoms with Crippen molar-refractivity contribution in [1.29, 1.82) is 0 Å². The lowest BCUT2D eigenvalue weighted by atomic mass is 9.74. The molecular formula is C19H24N2O5. The Kier molecular flexibility index (Phi) is 5.00. The van der Waals surface area contributed by atoms with E-state index in [-0.39, 0.29) is 30.3 Å². The van der Waals surface area contributed by atoms with Crippen LogP contribution in [0.1, 0.15) is 41.0 Å². The second-order valence-electron chi connectivity index (χ2n) is 7.37. The van der Waals surface area contributed by atoms with Crippen molar-refractivity contribution in [2.24, 2.45) is 11.3 Å². The number of nitrogens with one attached hydrogen (secondary N) is 1. The van der Waals surface area contributed by atoms with Crippen LogP contribution in [0.15, 0.2) is 24.3 Å². The van der Waals surface area contributed by atoms with Gasteiger partial charge in [0.1, 0.15) is 0 Å². The van der Waals surface area contributed by atoms with Crippen LogP contribution >= 0.6 is 0 Å². The van der Waals surface area contributed by atoms with E-state index in [9.17, 15) is 19.5 Å². The van der Waals surface area contributed by atoms with Crippen LogP contribution in [0.5, 0.6) is 0 Å². The summed E-state index contributed by atoms with van der Waals surface area (Å²) in [6, 6.07) is 6.49. The monoisotopic (exact) mass is 360 g/mol. The van der Waals surface area contributed by atoms with Crippen molar-refractivity contribution in [3.63, 3.8) is 0 Å². The summed E-state index contributed by atoms with van der Waals surface area (Å²) in [6.07, 6.45) is 0.422. The Morgan fingerprint density at radius 3 is 2.46 bits per heavy atom. The number of amides is 2. The summed E-state index contributed by atoms with van der Waals surface area (Å²) in [5.74, 6) is -1.44. The minimum atomic E-state index is -0.912. The molecule has 2 fully saturated rings. The molecule has 0 spiro atoms. The van der Waals surface area contributed by atoms with Gasteiger partial charge in [0.15, 0.2) is 0 Å². The van der Waals surface area contributed by atoms with Crippen LogP contribution in [0, 0.1) is 11.3 Å². The molecule has 0 bridgehead atoms. The highest BCUT2D eigenvalue weighted by Gasteiger charge is 2.54. The first-order valence-electron chi connectivity index (χ1n) is 8.85. The fraction of sp³-hybridized carbons (Fsp3) is 0.526. The van der Waals surface area contributed by atoms with Crippen LogP contribution in [-0.2, 0) is 9.53 Å². The Bertz CT molecular complexity index is 715. The van der Waals surface area contributed by atoms with E-state index in [2.05, 4.69) is 5.32 Å². The fourth-order valence-electron chi connectivity index (χ4n) is 3.75. The van der Waals surface area contributed by atoms with Gasteiger partial charge in [-0.3, -0.25) is 14.4 Å². The largest absolute Gasteiger partial charge is 0.481 e. The van der Waals surface area contributed by atoms with Gasteiger partial charge in [0, 0.05) is 42.8 Å². The lowest BCUT2D eigenvalue weighted by Crippen LogP contribution is -2.45. The van der Waals surface area contributed by atoms with Gasteiger partial charge in [-0.05, 0) is 44.5 Å². The van der Waals surface area contributed by atoms with Crippen molar-refractivity contribution >= 4 is 17.8 Å². The van der Waals surface area contributed by atoms with Gasteiger partial charge >= 0.3 is 5.97 Å². The number of carbonyl (C=O) groups is 3. The molecule has 0 unspecified atom stereocenters. The summed E-state index contributed by atoms with van der Waals surface area (Å²) in [4.78, 5) is 38.2. The molecule has 2 heterocycles. The first-order valence-corrected chi connectivity index (χ1v) is 8.85. The number of ether oxygens (including phenoxy) is 1. The lowest BCUT2D eigenvalue weighted by molar-refractivity contribution is -0.157. The van der Waals surface area contributed by atoms with Crippen molar-refractivity contribution in [3.8, 4) is 0 Å². The Labute approximate surface area is 152 Å². The highest BCUT2D eigenvalue weighted by atomic mass is 16.5. The maximum atomic E-state index is 12.8. The molecule has 0 radical (unpaired) electrons. The van der Waals surface area contributed by atoms with E-state index in [1.807, 2.05) is 13.8 Å². The third-order valence-electron chi connectivity index (χ3n) is 5.23. The van der Waals surface area contributed by atoms with Crippen LogP contribution in [0.25, 0.3) is 0 Å². The predicted molar refractivity (Wildman–Crippen MR) is 93.9 cm³/mol. The molecular weight excluding hydrogens is 336 g/mol. The molecule has 2 aliphatic rings. The summed E-state index contributed by atoms with van der Waals surface area (Å²) in [5, 5.41) is 12.5. The van der Waals surface area contributed by atoms with Gasteiger partial charge in [-0.1, -0.05) is 0 Å². The topological polar surface area (TPSA) is 95.9 Å². The van der Waals surface area contributed by atoms with Gasteiger partial charge in [-0.25, -0.2) is 0 Å². The van der Waals surface area contributed by atoms with Crippen LogP contribution in [0.3, 0.4) is 0 Å². The number of hydrogen-bond acceptors (Lipinski definition) is 4. The number of aliphatic carboxylic acids is 1. The molecule has 2 N–H and O–H groups in total. The van der Waals surface area contributed by atoms with E-state index in [4.69, 9.17) is 4.74 Å². The van der Waals surface area contributed by atoms with Gasteiger partial charge in [0.2, 0.25) is 0 Å². The molecule has 2 aliphatic heterocycles. The predicted octanol–water partition coefficient (Wildman–Crippen LogP) is 1.39. The van der Waals surface area contributed by atoms with Gasteiger partial charge < -0.3 is 20.1 Å². The zero-order chi connectivity index (χ0) is 18.9. The van der Waals surface area contributed by atoms with Crippen LogP contribution in [0.2, 0.25) is 0 Å². The molecule has 2 atom stereocenters. The Morgan fingerprint density at radius 1 is 1.23 bits per heavy atom. The normalized spacial score (nSPS) is 25.0. The standard InChI is InChI=1S/C19H24N2O5/c1-12(2)20-16(22)13-3-5-14(6-4-13)17(23)21-9-15-10-26-8-7-19(15,11-21)18(24)25/h3-6,12,15H,7-11H2,1-2H3,(H,20,22)(H,24,25)/t15-,19+/m0/s1. The maximum absolute atomic E-state index is 12.8. The smallest absolute Gasteiger partial charge is 0.311 e. The Morgan fingerprint density at radius 2 is 1.88 bits per heavy atom. The number of likely N-dealkylation sites (tertiary alicyclic amines) is 1. The molecule has 26 heavy (non-hydrogen) atoms. The molecule has 0 aromatic heterocycles. The second-order valence-corrected chi connectivity index (χ2v) is 7.37. The van der Waals surface area contributed by atoms with Crippen LogP contribution in [-0.4, -0.2) is 60.1 Å². The summed E-state index contributed by atoms with van der Waals surface area (Å²) < 4.78 is 5.42. The highest BCUT2D eigenvalue weighted by molar-refractivity contribution is 5.98. The molecule has 140 valence electrons. The number of rotatable bonds is 4. The third-order valence-corrected chi connectivity index (χ3v) is 5.23. The van der Waals surface area contributed by atoms with Crippen molar-refractivity contribution in [2.45, 2.75) is 26.3 Å². The van der Waals surface area contributed by atoms with Crippen molar-refractivity contribution in [3.05, 3.63) is 35.4 Å². The van der Waals surface area contributed by atoms with Crippen molar-refractivity contribution < 1.29 is 24.2 Å². The molecule has 2 saturated heterocycles. The molecule has 2 amide bonds. The summed E-state index contributed by atoms with van der Waals surface area (Å²) in [5.41, 5.74) is 0.0253. The second kappa shape index (κ2) is 7.07. The van der Waals surface area contributed by atoms with Crippen LogP contribution in [0.4, 0.5) is 0 Å². The molecule has 3 rings (SSSR count). The van der Waals surface area contributed by atoms with E-state index < -0.39 is 11.4 Å². The van der Waals surface area contributed by atoms with E-state index in [1.54, 1.807) is 29.2 Å². The third kappa shape index (κ3) is 3.31. The van der Waals surface area contributed by atoms with E-state index in [0.29, 0.717) is 37.3 Å². The van der Waals surface area contributed by atoms with E-state index >= 15 is 0 Å². The summed E-state index contributed by atoms with van der Waals surface area (Å²) in [6.45, 7) is 5.11. The van der Waals surface area contributed by atoms with E-state index in [1.165, 1.54) is 0 Å². The van der Waals surface area contributed by atoms with Gasteiger partial charge in [-0.15, -0.1) is 0 Å². The van der Waals surface area contributed by atoms with Crippen LogP contribution < -0.4 is 5.32 Å². The zero-order valence-electron chi connectivity index (χ0n) is 15.0. The van der Waals surface area contributed by atoms with Gasteiger partial charge in [0.25, 0.3) is 11.8 Å². The fourth-order valence-corrected chi connectivity index (χ4v) is 3.75. The average Bonchev–Trinajstić information content (AvgIpc) is 3.01. The lowest BCUT2D eigenvalue weighted by Gasteiger charge is -2.33. The first kappa shape index (κ1) is 18.4. The summed E-state index contributed by atoms with van der Waals surface area (Å²) >= 11 is 0. The molecule has 0 saturated carbocycles. The molecule has 1 aromatic carbocycles. The molecule has 7 heteroatoms. The maximum Gasteiger partial charge on any atom is 0.311 e. The minimum absolute atomic E-state index is 0.0335. The van der Waals surface area contributed by atoms with Gasteiger partial charge in [-0.2, -0.15) is 0 Å². The van der Waals surface area contributed by atoms with Gasteiger partial charge in [0.05, 0.1) is 12.0 Å². The SMILES string of the molecule is CC(C)NC(=O)c1ccc(C(=O)N2C[C@H]3COCC[C@@]3(C(=O)O)C2)cc1. The first-order chi connectivity index (χ1) is 12.3. The molecule has 7 nitrogen and oxygen atoms in total. The Hall–Kier alpha value is -2.41. The summed E-state index contributed by atoms with van der Waals surface area (Å²) in [7, 11) is 0. The van der Waals surface area contributed by atoms with E-state index in [0.717, 1.165) is 0 Å². The Balaban J connectivity index is 1.74. The number of carboxylic acids is 1. The number of carboxylic acid groups (broad SMARTS) is 1. The highest BCUT2D eigenvalue weighted by Crippen LogP contribution is 2.42. The quantitative estimate of drug-likeness (QED) is 0.846. The zero-order valence-corrected chi connectivity index (χ0v) is 15.0. The average molecular weight is 360 g/mol.